The molecule has 4 nitrogen and oxygen atoms in total. The second kappa shape index (κ2) is 6.17. The topological polar surface area (TPSA) is 63.6 Å². The van der Waals surface area contributed by atoms with Crippen molar-refractivity contribution >= 4 is 23.7 Å². The van der Waals surface area contributed by atoms with Gasteiger partial charge in [-0.05, 0) is 24.3 Å². The van der Waals surface area contributed by atoms with Crippen LogP contribution in [0.5, 0.6) is 0 Å². The molecule has 0 saturated heterocycles. The minimum atomic E-state index is -0.939. The first-order valence-electron chi connectivity index (χ1n) is 4.66. The van der Waals surface area contributed by atoms with Crippen LogP contribution in [0.25, 0.3) is 0 Å². The van der Waals surface area contributed by atoms with E-state index in [4.69, 9.17) is 5.11 Å². The Bertz CT molecular complexity index is 372. The molecule has 0 aliphatic rings. The van der Waals surface area contributed by atoms with E-state index >= 15 is 0 Å². The molecule has 5 heteroatoms. The van der Waals surface area contributed by atoms with Crippen LogP contribution in [0.3, 0.4) is 0 Å². The van der Waals surface area contributed by atoms with Crippen LogP contribution in [0.15, 0.2) is 29.2 Å². The van der Waals surface area contributed by atoms with E-state index < -0.39 is 5.97 Å². The molecule has 0 radical (unpaired) electrons. The lowest BCUT2D eigenvalue weighted by Crippen LogP contribution is -2.01. The minimum Gasteiger partial charge on any atom is -0.478 e. The summed E-state index contributed by atoms with van der Waals surface area (Å²) in [7, 11) is 1.36. The highest BCUT2D eigenvalue weighted by Crippen LogP contribution is 2.19. The van der Waals surface area contributed by atoms with E-state index in [-0.39, 0.29) is 11.5 Å². The van der Waals surface area contributed by atoms with Crippen molar-refractivity contribution in [2.45, 2.75) is 11.3 Å². The number of carbonyl (C=O) groups is 2. The summed E-state index contributed by atoms with van der Waals surface area (Å²) in [5.41, 5.74) is 0.261. The Balaban J connectivity index is 2.43. The maximum absolute atomic E-state index is 10.8. The van der Waals surface area contributed by atoms with Gasteiger partial charge in [0.25, 0.3) is 0 Å². The van der Waals surface area contributed by atoms with E-state index in [1.54, 1.807) is 24.3 Å². The predicted octanol–water partition coefficient (Wildman–Crippen LogP) is 2.04. The average molecular weight is 240 g/mol. The largest absolute Gasteiger partial charge is 0.478 e. The van der Waals surface area contributed by atoms with E-state index in [1.807, 2.05) is 0 Å². The average Bonchev–Trinajstić information content (AvgIpc) is 2.29. The SMILES string of the molecule is COC(=O)CCSc1ccc(C(=O)O)cc1. The van der Waals surface area contributed by atoms with Crippen molar-refractivity contribution in [1.82, 2.24) is 0 Å². The van der Waals surface area contributed by atoms with Gasteiger partial charge < -0.3 is 9.84 Å². The molecule has 1 N–H and O–H groups in total. The lowest BCUT2D eigenvalue weighted by molar-refractivity contribution is -0.140. The number of thioether (sulfide) groups is 1. The van der Waals surface area contributed by atoms with Crippen LogP contribution in [-0.4, -0.2) is 29.9 Å². The maximum Gasteiger partial charge on any atom is 0.335 e. The molecule has 0 spiro atoms. The van der Waals surface area contributed by atoms with Gasteiger partial charge in [-0.15, -0.1) is 11.8 Å². The van der Waals surface area contributed by atoms with Crippen LogP contribution in [-0.2, 0) is 9.53 Å². The fraction of sp³-hybridized carbons (Fsp3) is 0.273. The summed E-state index contributed by atoms with van der Waals surface area (Å²) in [5, 5.41) is 8.69. The van der Waals surface area contributed by atoms with Crippen molar-refractivity contribution < 1.29 is 19.4 Å². The third-order valence-electron chi connectivity index (χ3n) is 1.90. The zero-order valence-corrected chi connectivity index (χ0v) is 9.62. The Morgan fingerprint density at radius 2 is 1.94 bits per heavy atom. The molecule has 1 aromatic rings. The van der Waals surface area contributed by atoms with Gasteiger partial charge in [0.2, 0.25) is 0 Å². The van der Waals surface area contributed by atoms with Crippen molar-refractivity contribution in [1.29, 1.82) is 0 Å². The Morgan fingerprint density at radius 3 is 2.44 bits per heavy atom. The molecular formula is C11H12O4S. The lowest BCUT2D eigenvalue weighted by Gasteiger charge is -2.01. The third-order valence-corrected chi connectivity index (χ3v) is 2.92. The Labute approximate surface area is 97.6 Å². The molecule has 0 aliphatic carbocycles. The number of esters is 1. The van der Waals surface area contributed by atoms with Gasteiger partial charge in [-0.2, -0.15) is 0 Å². The summed E-state index contributed by atoms with van der Waals surface area (Å²) >= 11 is 1.49. The van der Waals surface area contributed by atoms with Gasteiger partial charge in [0, 0.05) is 10.6 Å². The number of carboxylic acid groups (broad SMARTS) is 1. The van der Waals surface area contributed by atoms with E-state index in [1.165, 1.54) is 18.9 Å². The van der Waals surface area contributed by atoms with Gasteiger partial charge in [-0.3, -0.25) is 4.79 Å². The van der Waals surface area contributed by atoms with Gasteiger partial charge in [0.1, 0.15) is 0 Å². The maximum atomic E-state index is 10.8. The van der Waals surface area contributed by atoms with Crippen LogP contribution in [0, 0.1) is 0 Å². The molecule has 0 saturated carbocycles. The first kappa shape index (κ1) is 12.6. The van der Waals surface area contributed by atoms with Crippen molar-refractivity contribution in [3.8, 4) is 0 Å². The predicted molar refractivity (Wildman–Crippen MR) is 60.8 cm³/mol. The fourth-order valence-corrected chi connectivity index (χ4v) is 1.88. The quantitative estimate of drug-likeness (QED) is 0.630. The normalized spacial score (nSPS) is 9.81. The van der Waals surface area contributed by atoms with E-state index in [9.17, 15) is 9.59 Å². The van der Waals surface area contributed by atoms with E-state index in [0.29, 0.717) is 12.2 Å². The number of ether oxygens (including phenoxy) is 1. The van der Waals surface area contributed by atoms with Crippen LogP contribution in [0.1, 0.15) is 16.8 Å². The number of hydrogen-bond donors (Lipinski definition) is 1. The summed E-state index contributed by atoms with van der Waals surface area (Å²) in [5.74, 6) is -0.556. The molecule has 0 fully saturated rings. The number of carboxylic acids is 1. The monoisotopic (exact) mass is 240 g/mol. The summed E-state index contributed by atoms with van der Waals surface area (Å²) in [6, 6.07) is 6.54. The number of hydrogen-bond acceptors (Lipinski definition) is 4. The van der Waals surface area contributed by atoms with Crippen LogP contribution in [0.2, 0.25) is 0 Å². The smallest absolute Gasteiger partial charge is 0.335 e. The first-order valence-corrected chi connectivity index (χ1v) is 5.65. The van der Waals surface area contributed by atoms with Crippen LogP contribution < -0.4 is 0 Å². The molecule has 1 rings (SSSR count). The Kier molecular flexibility index (Phi) is 4.85. The molecule has 0 bridgehead atoms. The summed E-state index contributed by atoms with van der Waals surface area (Å²) in [6.07, 6.45) is 0.349. The van der Waals surface area contributed by atoms with Crippen molar-refractivity contribution in [2.24, 2.45) is 0 Å². The molecule has 16 heavy (non-hydrogen) atoms. The molecule has 0 heterocycles. The van der Waals surface area contributed by atoms with E-state index in [2.05, 4.69) is 4.74 Å². The molecule has 86 valence electrons. The second-order valence-electron chi connectivity index (χ2n) is 3.00. The number of aromatic carboxylic acids is 1. The fourth-order valence-electron chi connectivity index (χ4n) is 1.05. The van der Waals surface area contributed by atoms with Crippen LogP contribution >= 0.6 is 11.8 Å². The van der Waals surface area contributed by atoms with Crippen molar-refractivity contribution in [3.05, 3.63) is 29.8 Å². The van der Waals surface area contributed by atoms with Crippen molar-refractivity contribution in [2.75, 3.05) is 12.9 Å². The zero-order chi connectivity index (χ0) is 12.0. The highest BCUT2D eigenvalue weighted by Gasteiger charge is 2.03. The summed E-state index contributed by atoms with van der Waals surface area (Å²) < 4.78 is 4.51. The van der Waals surface area contributed by atoms with Crippen LogP contribution in [0.4, 0.5) is 0 Å². The highest BCUT2D eigenvalue weighted by atomic mass is 32.2. The lowest BCUT2D eigenvalue weighted by atomic mass is 10.2. The van der Waals surface area contributed by atoms with E-state index in [0.717, 1.165) is 4.90 Å². The van der Waals surface area contributed by atoms with Gasteiger partial charge in [-0.1, -0.05) is 0 Å². The molecule has 0 aromatic heterocycles. The minimum absolute atomic E-state index is 0.241. The Hall–Kier alpha value is -1.49. The molecule has 1 aromatic carbocycles. The zero-order valence-electron chi connectivity index (χ0n) is 8.80. The molecule has 0 atom stereocenters. The standard InChI is InChI=1S/C11H12O4S/c1-15-10(12)6-7-16-9-4-2-8(3-5-9)11(13)14/h2-5H,6-7H2,1H3,(H,13,14). The summed E-state index contributed by atoms with van der Waals surface area (Å²) in [6.45, 7) is 0. The third kappa shape index (κ3) is 3.94. The van der Waals surface area contributed by atoms with Gasteiger partial charge in [0.15, 0.2) is 0 Å². The van der Waals surface area contributed by atoms with Gasteiger partial charge >= 0.3 is 11.9 Å². The Morgan fingerprint density at radius 1 is 1.31 bits per heavy atom. The van der Waals surface area contributed by atoms with Crippen molar-refractivity contribution in [3.63, 3.8) is 0 Å². The number of rotatable bonds is 5. The number of carbonyl (C=O) groups excluding carboxylic acids is 1. The van der Waals surface area contributed by atoms with Gasteiger partial charge in [-0.25, -0.2) is 4.79 Å². The van der Waals surface area contributed by atoms with Gasteiger partial charge in [0.05, 0.1) is 19.1 Å². The first-order chi connectivity index (χ1) is 7.63. The summed E-state index contributed by atoms with van der Waals surface area (Å²) in [4.78, 5) is 22.4. The molecule has 0 amide bonds. The second-order valence-corrected chi connectivity index (χ2v) is 4.17. The molecular weight excluding hydrogens is 228 g/mol. The number of methoxy groups -OCH3 is 1. The molecule has 0 unspecified atom stereocenters. The highest BCUT2D eigenvalue weighted by molar-refractivity contribution is 7.99. The number of benzene rings is 1. The molecule has 0 aliphatic heterocycles.